The SMILES string of the molecule is CC(C)(C)C1(CN=C(N)N)CC1.CC(C)(C)CC1(N)CC1.CC(C)(C)CC1CC(N)C1.CC(C)(C)CC1CNC1.CC(C)(C)CCC1CNC1.CC(C)(C)CCCN.CC1CC(N)C1.CNCCCC(C)(C)C.C[C@@H]1CC[C@H](N)C1. The molecule has 482 valence electrons. The first kappa shape index (κ1) is 81.0. The Kier molecular flexibility index (Phi) is 38.0. The van der Waals surface area contributed by atoms with Gasteiger partial charge in [0.05, 0.1) is 0 Å². The van der Waals surface area contributed by atoms with E-state index in [1.165, 1.54) is 148 Å². The third-order valence-corrected chi connectivity index (χ3v) is 16.5. The van der Waals surface area contributed by atoms with Crippen molar-refractivity contribution in [2.24, 2.45) is 118 Å². The zero-order chi connectivity index (χ0) is 62.6. The van der Waals surface area contributed by atoms with Gasteiger partial charge in [0.2, 0.25) is 0 Å². The minimum atomic E-state index is 0.213. The third-order valence-electron chi connectivity index (χ3n) is 16.5. The summed E-state index contributed by atoms with van der Waals surface area (Å²) in [7, 11) is 2.00. The van der Waals surface area contributed by atoms with Crippen molar-refractivity contribution in [2.45, 2.75) is 311 Å². The molecule has 0 aromatic rings. The molecule has 5 aliphatic carbocycles. The van der Waals surface area contributed by atoms with E-state index in [1.54, 1.807) is 0 Å². The summed E-state index contributed by atoms with van der Waals surface area (Å²) in [4.78, 5) is 4.10. The molecule has 0 spiro atoms. The third kappa shape index (κ3) is 50.3. The van der Waals surface area contributed by atoms with Crippen LogP contribution in [-0.4, -0.2) is 82.5 Å². The molecule has 7 rings (SSSR count). The number of hydrogen-bond donors (Lipinski definition) is 10. The van der Waals surface area contributed by atoms with Gasteiger partial charge in [-0.1, -0.05) is 159 Å². The summed E-state index contributed by atoms with van der Waals surface area (Å²) >= 11 is 0. The van der Waals surface area contributed by atoms with Crippen LogP contribution in [0.15, 0.2) is 4.99 Å². The number of guanidine groups is 1. The van der Waals surface area contributed by atoms with E-state index in [1.807, 2.05) is 7.05 Å². The first-order valence-corrected chi connectivity index (χ1v) is 33.0. The summed E-state index contributed by atoms with van der Waals surface area (Å²) < 4.78 is 0. The maximum Gasteiger partial charge on any atom is 0.185 e. The molecule has 2 saturated heterocycles. The fourth-order valence-corrected chi connectivity index (χ4v) is 10.9. The van der Waals surface area contributed by atoms with Crippen LogP contribution in [0.3, 0.4) is 0 Å². The van der Waals surface area contributed by atoms with Crippen molar-refractivity contribution in [3.05, 3.63) is 0 Å². The van der Waals surface area contributed by atoms with E-state index >= 15 is 0 Å². The molecule has 0 radical (unpaired) electrons. The molecule has 0 amide bonds. The second-order valence-electron chi connectivity index (χ2n) is 35.4. The summed E-state index contributed by atoms with van der Waals surface area (Å²) in [5.41, 5.74) is 42.6. The molecule has 80 heavy (non-hydrogen) atoms. The Morgan fingerprint density at radius 2 is 0.938 bits per heavy atom. The van der Waals surface area contributed by atoms with E-state index in [0.29, 0.717) is 61.4 Å². The lowest BCUT2D eigenvalue weighted by molar-refractivity contribution is 0.182. The van der Waals surface area contributed by atoms with Gasteiger partial charge in [-0.25, -0.2) is 0 Å². The maximum atomic E-state index is 5.93. The van der Waals surface area contributed by atoms with Crippen LogP contribution in [0.4, 0.5) is 0 Å². The highest BCUT2D eigenvalue weighted by atomic mass is 15.0. The Morgan fingerprint density at radius 1 is 0.512 bits per heavy atom. The number of rotatable bonds is 12. The van der Waals surface area contributed by atoms with Crippen LogP contribution in [0, 0.1) is 72.9 Å². The lowest BCUT2D eigenvalue weighted by Gasteiger charge is -2.36. The van der Waals surface area contributed by atoms with Crippen LogP contribution in [0.2, 0.25) is 0 Å². The van der Waals surface area contributed by atoms with Crippen molar-refractivity contribution in [3.63, 3.8) is 0 Å². The molecule has 17 N–H and O–H groups in total. The van der Waals surface area contributed by atoms with E-state index in [4.69, 9.17) is 40.1 Å². The van der Waals surface area contributed by atoms with Crippen molar-refractivity contribution < 1.29 is 0 Å². The Hall–Kier alpha value is -1.05. The predicted molar refractivity (Wildman–Crippen MR) is 360 cm³/mol. The van der Waals surface area contributed by atoms with Crippen molar-refractivity contribution in [1.29, 1.82) is 0 Å². The van der Waals surface area contributed by atoms with Crippen molar-refractivity contribution in [1.82, 2.24) is 16.0 Å². The van der Waals surface area contributed by atoms with Gasteiger partial charge in [0.15, 0.2) is 5.96 Å². The molecule has 7 fully saturated rings. The highest BCUT2D eigenvalue weighted by Crippen LogP contribution is 2.58. The van der Waals surface area contributed by atoms with Crippen molar-refractivity contribution >= 4 is 5.96 Å². The highest BCUT2D eigenvalue weighted by Gasteiger charge is 2.51. The fraction of sp³-hybridized carbons (Fsp3) is 0.986. The molecule has 11 heteroatoms. The predicted octanol–water partition coefficient (Wildman–Crippen LogP) is 14.5. The second-order valence-corrected chi connectivity index (χ2v) is 35.4. The molecule has 2 heterocycles. The molecule has 0 aromatic carbocycles. The zero-order valence-electron chi connectivity index (χ0n) is 58.7. The minimum absolute atomic E-state index is 0.213. The fourth-order valence-electron chi connectivity index (χ4n) is 10.9. The van der Waals surface area contributed by atoms with E-state index < -0.39 is 0 Å². The Balaban J connectivity index is 0. The van der Waals surface area contributed by atoms with Crippen LogP contribution in [-0.2, 0) is 0 Å². The van der Waals surface area contributed by atoms with Gasteiger partial charge in [-0.3, -0.25) is 4.99 Å². The van der Waals surface area contributed by atoms with Crippen LogP contribution in [0.25, 0.3) is 0 Å². The zero-order valence-corrected chi connectivity index (χ0v) is 58.7. The van der Waals surface area contributed by atoms with Gasteiger partial charge in [-0.05, 0) is 248 Å². The highest BCUT2D eigenvalue weighted by molar-refractivity contribution is 5.75. The summed E-state index contributed by atoms with van der Waals surface area (Å²) in [6.07, 6.45) is 25.6. The normalized spacial score (nSPS) is 24.6. The number of nitrogens with one attached hydrogen (secondary N) is 3. The van der Waals surface area contributed by atoms with Crippen LogP contribution in [0.5, 0.6) is 0 Å². The van der Waals surface area contributed by atoms with Gasteiger partial charge in [0, 0.05) is 30.2 Å². The lowest BCUT2D eigenvalue weighted by atomic mass is 9.72. The van der Waals surface area contributed by atoms with Crippen molar-refractivity contribution in [3.8, 4) is 0 Å². The van der Waals surface area contributed by atoms with E-state index in [0.717, 1.165) is 55.6 Å². The molecular formula is C69H151N11. The van der Waals surface area contributed by atoms with Gasteiger partial charge in [0.25, 0.3) is 0 Å². The van der Waals surface area contributed by atoms with Crippen LogP contribution < -0.4 is 56.1 Å². The quantitative estimate of drug-likeness (QED) is 0.0505. The molecule has 7 aliphatic rings. The number of aliphatic imine (C=N–C) groups is 1. The van der Waals surface area contributed by atoms with E-state index in [2.05, 4.69) is 180 Å². The number of nitrogens with zero attached hydrogens (tertiary/aromatic N) is 1. The summed E-state index contributed by atoms with van der Waals surface area (Å²) in [5, 5.41) is 9.72. The monoisotopic (exact) mass is 1130 g/mol. The standard InChI is InChI=1S/C9H19N3.2C9H19N.2C8H17N.C8H19N.C7H17N.C6H13N.C5H11N/c1-8(2,3)9(4-5-9)6-12-7(10)11;1-9(2,3)6-7-4-8(10)5-7;1-9(2,3)5-4-8-6-10-7-8;1-8(2,3)4-7-5-9-6-7;1-7(2,3)6-8(9)4-5-8;1-8(2,3)6-5-7-9-4;1-7(2,3)5-4-6-8;1-5-2-3-6(7)4-5;1-4-2-5(6)3-4/h4-6H2,1-3H3,(H4,10,11,12);7-8H,4-6,10H2,1-3H3;8,10H,4-7H2,1-3H3;7,9H,4-6H2,1-3H3;4-6,9H2,1-3H3;9H,5-7H2,1-4H3;4-6,8H2,1-3H3;5-6H,2-4,7H2,1H3;4-5H,2-3,6H2,1H3/t;;;;;;;5-,6+;/m.......1./s1. The van der Waals surface area contributed by atoms with Gasteiger partial charge in [0.1, 0.15) is 0 Å². The molecule has 0 bridgehead atoms. The van der Waals surface area contributed by atoms with E-state index in [9.17, 15) is 0 Å². The van der Waals surface area contributed by atoms with Crippen molar-refractivity contribution in [2.75, 3.05) is 52.9 Å². The van der Waals surface area contributed by atoms with Gasteiger partial charge >= 0.3 is 0 Å². The molecule has 2 atom stereocenters. The summed E-state index contributed by atoms with van der Waals surface area (Å²) in [5.74, 6) is 4.90. The summed E-state index contributed by atoms with van der Waals surface area (Å²) in [6, 6.07) is 1.59. The molecular weight excluding hydrogens is 983 g/mol. The van der Waals surface area contributed by atoms with Crippen LogP contribution >= 0.6 is 0 Å². The van der Waals surface area contributed by atoms with Gasteiger partial charge < -0.3 is 56.1 Å². The molecule has 5 saturated carbocycles. The Labute approximate surface area is 501 Å². The Bertz CT molecular complexity index is 1510. The maximum absolute atomic E-state index is 5.93. The average Bonchev–Trinajstić information content (AvgIpc) is 4.13. The molecule has 0 unspecified atom stereocenters. The smallest absolute Gasteiger partial charge is 0.185 e. The van der Waals surface area contributed by atoms with E-state index in [-0.39, 0.29) is 11.5 Å². The molecule has 0 aromatic heterocycles. The summed E-state index contributed by atoms with van der Waals surface area (Å²) in [6.45, 7) is 60.2. The van der Waals surface area contributed by atoms with Gasteiger partial charge in [-0.15, -0.1) is 0 Å². The lowest BCUT2D eigenvalue weighted by Crippen LogP contribution is -2.43. The molecule has 11 nitrogen and oxygen atoms in total. The Morgan fingerprint density at radius 3 is 1.14 bits per heavy atom. The first-order valence-electron chi connectivity index (χ1n) is 33.0. The first-order chi connectivity index (χ1) is 36.1. The largest absolute Gasteiger partial charge is 0.370 e. The molecule has 2 aliphatic heterocycles. The average molecular weight is 1140 g/mol. The van der Waals surface area contributed by atoms with Gasteiger partial charge in [-0.2, -0.15) is 0 Å². The number of nitrogens with two attached hydrogens (primary N) is 7. The minimum Gasteiger partial charge on any atom is -0.370 e. The van der Waals surface area contributed by atoms with Crippen LogP contribution in [0.1, 0.15) is 288 Å². The topological polar surface area (TPSA) is 231 Å². The second kappa shape index (κ2) is 37.5. The number of hydrogen-bond acceptors (Lipinski definition) is 9.